The van der Waals surface area contributed by atoms with Crippen molar-refractivity contribution < 1.29 is 0 Å². The first-order chi connectivity index (χ1) is 7.24. The van der Waals surface area contributed by atoms with Gasteiger partial charge in [0.05, 0.1) is 0 Å². The highest BCUT2D eigenvalue weighted by Crippen LogP contribution is 2.19. The van der Waals surface area contributed by atoms with Crippen molar-refractivity contribution in [2.75, 3.05) is 5.75 Å². The van der Waals surface area contributed by atoms with E-state index in [1.54, 1.807) is 18.0 Å². The molecule has 82 valence electrons. The van der Waals surface area contributed by atoms with Gasteiger partial charge in [-0.3, -0.25) is 10.4 Å². The van der Waals surface area contributed by atoms with E-state index in [0.717, 1.165) is 10.6 Å². The van der Waals surface area contributed by atoms with Gasteiger partial charge in [0.1, 0.15) is 11.5 Å². The zero-order valence-corrected chi connectivity index (χ0v) is 9.81. The van der Waals surface area contributed by atoms with Crippen LogP contribution in [0, 0.1) is 5.41 Å². The number of unbranched alkanes of at least 4 members (excludes halogenated alkanes) is 2. The largest absolute Gasteiger partial charge is 0.382 e. The maximum Gasteiger partial charge on any atom is 0.141 e. The standard InChI is InChI=1S/C11H17N3S/c1-2-3-4-7-15-9-5-6-14-10(8-9)11(12)13/h5-6,8H,2-4,7H2,1H3,(H3,12,13). The molecule has 3 nitrogen and oxygen atoms in total. The molecule has 0 aliphatic rings. The molecule has 0 unspecified atom stereocenters. The number of pyridine rings is 1. The van der Waals surface area contributed by atoms with Gasteiger partial charge >= 0.3 is 0 Å². The van der Waals surface area contributed by atoms with Crippen LogP contribution in [0.15, 0.2) is 23.2 Å². The minimum Gasteiger partial charge on any atom is -0.382 e. The molecule has 0 bridgehead atoms. The third-order valence-electron chi connectivity index (χ3n) is 2.02. The summed E-state index contributed by atoms with van der Waals surface area (Å²) >= 11 is 1.80. The molecule has 0 saturated carbocycles. The first-order valence-electron chi connectivity index (χ1n) is 5.17. The van der Waals surface area contributed by atoms with E-state index in [1.807, 2.05) is 12.1 Å². The molecule has 0 aliphatic heterocycles. The maximum atomic E-state index is 7.28. The second-order valence-electron chi connectivity index (χ2n) is 3.35. The Balaban J connectivity index is 2.47. The Morgan fingerprint density at radius 1 is 1.53 bits per heavy atom. The molecule has 1 rings (SSSR count). The molecule has 3 N–H and O–H groups in total. The molecule has 1 aromatic heterocycles. The summed E-state index contributed by atoms with van der Waals surface area (Å²) in [5.74, 6) is 1.15. The lowest BCUT2D eigenvalue weighted by molar-refractivity contribution is 0.778. The quantitative estimate of drug-likeness (QED) is 0.337. The molecule has 0 aromatic carbocycles. The third kappa shape index (κ3) is 4.34. The average molecular weight is 223 g/mol. The first kappa shape index (κ1) is 12.0. The van der Waals surface area contributed by atoms with Crippen molar-refractivity contribution in [1.29, 1.82) is 5.41 Å². The van der Waals surface area contributed by atoms with Crippen LogP contribution >= 0.6 is 11.8 Å². The van der Waals surface area contributed by atoms with Crippen LogP contribution in [0.1, 0.15) is 31.9 Å². The third-order valence-corrected chi connectivity index (χ3v) is 3.10. The van der Waals surface area contributed by atoms with Gasteiger partial charge in [-0.25, -0.2) is 0 Å². The molecule has 0 amide bonds. The molecule has 1 aromatic rings. The number of aromatic nitrogens is 1. The predicted molar refractivity (Wildman–Crippen MR) is 65.5 cm³/mol. The summed E-state index contributed by atoms with van der Waals surface area (Å²) in [6, 6.07) is 3.84. The number of thioether (sulfide) groups is 1. The lowest BCUT2D eigenvalue weighted by atomic mass is 10.3. The summed E-state index contributed by atoms with van der Waals surface area (Å²) in [6.07, 6.45) is 5.46. The van der Waals surface area contributed by atoms with Crippen molar-refractivity contribution in [1.82, 2.24) is 4.98 Å². The molecule has 0 fully saturated rings. The summed E-state index contributed by atoms with van der Waals surface area (Å²) in [6.45, 7) is 2.20. The van der Waals surface area contributed by atoms with Crippen molar-refractivity contribution >= 4 is 17.6 Å². The van der Waals surface area contributed by atoms with Crippen LogP contribution < -0.4 is 5.73 Å². The number of nitrogens with two attached hydrogens (primary N) is 1. The normalized spacial score (nSPS) is 10.2. The number of amidine groups is 1. The molecule has 0 aliphatic carbocycles. The van der Waals surface area contributed by atoms with Gasteiger partial charge < -0.3 is 5.73 Å². The van der Waals surface area contributed by atoms with E-state index in [2.05, 4.69) is 11.9 Å². The van der Waals surface area contributed by atoms with Gasteiger partial charge in [0, 0.05) is 11.1 Å². The van der Waals surface area contributed by atoms with E-state index in [1.165, 1.54) is 19.3 Å². The highest BCUT2D eigenvalue weighted by molar-refractivity contribution is 7.99. The molecule has 15 heavy (non-hydrogen) atoms. The molecule has 4 heteroatoms. The van der Waals surface area contributed by atoms with Crippen molar-refractivity contribution in [2.24, 2.45) is 5.73 Å². The van der Waals surface area contributed by atoms with Crippen LogP contribution in [0.2, 0.25) is 0 Å². The molecule has 0 saturated heterocycles. The fourth-order valence-electron chi connectivity index (χ4n) is 1.19. The zero-order chi connectivity index (χ0) is 11.1. The summed E-state index contributed by atoms with van der Waals surface area (Å²) in [5, 5.41) is 7.28. The van der Waals surface area contributed by atoms with Crippen LogP contribution in [0.3, 0.4) is 0 Å². The van der Waals surface area contributed by atoms with Gasteiger partial charge in [0.2, 0.25) is 0 Å². The number of nitrogens with zero attached hydrogens (tertiary/aromatic N) is 1. The first-order valence-corrected chi connectivity index (χ1v) is 6.16. The monoisotopic (exact) mass is 223 g/mol. The number of hydrogen-bond donors (Lipinski definition) is 2. The van der Waals surface area contributed by atoms with Crippen molar-refractivity contribution in [2.45, 2.75) is 31.1 Å². The molecular weight excluding hydrogens is 206 g/mol. The van der Waals surface area contributed by atoms with E-state index in [-0.39, 0.29) is 5.84 Å². The fourth-order valence-corrected chi connectivity index (χ4v) is 2.13. The van der Waals surface area contributed by atoms with Gasteiger partial charge in [-0.15, -0.1) is 11.8 Å². The Morgan fingerprint density at radius 3 is 3.00 bits per heavy atom. The van der Waals surface area contributed by atoms with Crippen LogP contribution in [-0.4, -0.2) is 16.6 Å². The lowest BCUT2D eigenvalue weighted by Gasteiger charge is -2.02. The SMILES string of the molecule is CCCCCSc1ccnc(C(=N)N)c1. The van der Waals surface area contributed by atoms with Gasteiger partial charge in [-0.2, -0.15) is 0 Å². The molecule has 0 atom stereocenters. The minimum absolute atomic E-state index is 0.0333. The van der Waals surface area contributed by atoms with Gasteiger partial charge in [0.25, 0.3) is 0 Å². The Morgan fingerprint density at radius 2 is 2.33 bits per heavy atom. The highest BCUT2D eigenvalue weighted by atomic mass is 32.2. The Bertz CT molecular complexity index is 325. The highest BCUT2D eigenvalue weighted by Gasteiger charge is 2.00. The second-order valence-corrected chi connectivity index (χ2v) is 4.51. The van der Waals surface area contributed by atoms with Crippen molar-refractivity contribution in [3.05, 3.63) is 24.0 Å². The van der Waals surface area contributed by atoms with Crippen LogP contribution in [0.4, 0.5) is 0 Å². The zero-order valence-electron chi connectivity index (χ0n) is 8.99. The van der Waals surface area contributed by atoms with Crippen molar-refractivity contribution in [3.63, 3.8) is 0 Å². The number of nitrogens with one attached hydrogen (secondary N) is 1. The summed E-state index contributed by atoms with van der Waals surface area (Å²) in [4.78, 5) is 5.17. The number of hydrogen-bond acceptors (Lipinski definition) is 3. The summed E-state index contributed by atoms with van der Waals surface area (Å²) in [7, 11) is 0. The topological polar surface area (TPSA) is 62.8 Å². The Kier molecular flexibility index (Phi) is 5.18. The van der Waals surface area contributed by atoms with E-state index in [4.69, 9.17) is 11.1 Å². The van der Waals surface area contributed by atoms with Gasteiger partial charge in [-0.1, -0.05) is 19.8 Å². The van der Waals surface area contributed by atoms with E-state index in [0.29, 0.717) is 5.69 Å². The van der Waals surface area contributed by atoms with E-state index < -0.39 is 0 Å². The van der Waals surface area contributed by atoms with Crippen LogP contribution in [0.5, 0.6) is 0 Å². The number of rotatable bonds is 6. The minimum atomic E-state index is 0.0333. The second kappa shape index (κ2) is 6.45. The maximum absolute atomic E-state index is 7.28. The van der Waals surface area contributed by atoms with Crippen LogP contribution in [-0.2, 0) is 0 Å². The Labute approximate surface area is 95.0 Å². The summed E-state index contributed by atoms with van der Waals surface area (Å²) < 4.78 is 0. The average Bonchev–Trinajstić information content (AvgIpc) is 2.25. The smallest absolute Gasteiger partial charge is 0.141 e. The van der Waals surface area contributed by atoms with E-state index >= 15 is 0 Å². The molecule has 1 heterocycles. The lowest BCUT2D eigenvalue weighted by Crippen LogP contribution is -2.12. The van der Waals surface area contributed by atoms with Crippen LogP contribution in [0.25, 0.3) is 0 Å². The molecule has 0 spiro atoms. The predicted octanol–water partition coefficient (Wildman–Crippen LogP) is 2.65. The van der Waals surface area contributed by atoms with Gasteiger partial charge in [-0.05, 0) is 24.3 Å². The summed E-state index contributed by atoms with van der Waals surface area (Å²) in [5.41, 5.74) is 5.94. The van der Waals surface area contributed by atoms with Crippen molar-refractivity contribution in [3.8, 4) is 0 Å². The molecule has 0 radical (unpaired) electrons. The Hall–Kier alpha value is -1.03. The molecular formula is C11H17N3S. The number of nitrogen functional groups attached to an aromatic ring is 1. The van der Waals surface area contributed by atoms with Gasteiger partial charge in [0.15, 0.2) is 0 Å². The fraction of sp³-hybridized carbons (Fsp3) is 0.455. The van der Waals surface area contributed by atoms with E-state index in [9.17, 15) is 0 Å².